The zero-order chi connectivity index (χ0) is 38.5. The Kier molecular flexibility index (Phi) is 35.1. The van der Waals surface area contributed by atoms with Crippen molar-refractivity contribution in [2.24, 2.45) is 0 Å². The number of rotatable bonds is 40. The van der Waals surface area contributed by atoms with Gasteiger partial charge >= 0.3 is 17.9 Å². The Labute approximate surface area is 321 Å². The highest BCUT2D eigenvalue weighted by Crippen LogP contribution is 2.16. The molecule has 0 saturated carbocycles. The first-order valence-corrected chi connectivity index (χ1v) is 22.1. The number of unbranched alkanes of at least 4 members (excludes halogenated alkanes) is 26. The van der Waals surface area contributed by atoms with E-state index in [-0.39, 0.29) is 36.2 Å². The maximum Gasteiger partial charge on any atom is 0.362 e. The molecule has 52 heavy (non-hydrogen) atoms. The first-order chi connectivity index (χ1) is 25.1. The lowest BCUT2D eigenvalue weighted by Gasteiger charge is -2.31. The van der Waals surface area contributed by atoms with Crippen molar-refractivity contribution < 1.29 is 38.2 Å². The van der Waals surface area contributed by atoms with Crippen LogP contribution in [0.5, 0.6) is 0 Å². The number of carboxylic acid groups (broad SMARTS) is 1. The maximum absolute atomic E-state index is 12.7. The molecule has 308 valence electrons. The lowest BCUT2D eigenvalue weighted by atomic mass is 10.0. The highest BCUT2D eigenvalue weighted by Gasteiger charge is 2.31. The van der Waals surface area contributed by atoms with Crippen molar-refractivity contribution in [1.82, 2.24) is 0 Å². The van der Waals surface area contributed by atoms with Gasteiger partial charge in [-0.05, 0) is 12.8 Å². The summed E-state index contributed by atoms with van der Waals surface area (Å²) in [5.74, 6) is -1.46. The molecule has 0 aromatic heterocycles. The van der Waals surface area contributed by atoms with Gasteiger partial charge in [-0.2, -0.15) is 0 Å². The summed E-state index contributed by atoms with van der Waals surface area (Å²) in [6.45, 7) is 4.72. The molecule has 0 rings (SSSR count). The van der Waals surface area contributed by atoms with Gasteiger partial charge in [0.15, 0.2) is 12.1 Å². The van der Waals surface area contributed by atoms with Gasteiger partial charge in [-0.25, -0.2) is 4.79 Å². The number of nitrogens with zero attached hydrogens (tertiary/aromatic N) is 1. The summed E-state index contributed by atoms with van der Waals surface area (Å²) in [5, 5.41) is 9.59. The van der Waals surface area contributed by atoms with E-state index in [1.165, 1.54) is 141 Å². The van der Waals surface area contributed by atoms with Crippen molar-refractivity contribution >= 4 is 17.9 Å². The number of carboxylic acids is 1. The zero-order valence-electron chi connectivity index (χ0n) is 35.0. The van der Waals surface area contributed by atoms with Crippen LogP contribution in [0.25, 0.3) is 0 Å². The van der Waals surface area contributed by atoms with Gasteiger partial charge < -0.3 is 23.8 Å². The first kappa shape index (κ1) is 50.3. The van der Waals surface area contributed by atoms with Gasteiger partial charge in [0.05, 0.1) is 34.4 Å². The third-order valence-electron chi connectivity index (χ3n) is 10.3. The van der Waals surface area contributed by atoms with Gasteiger partial charge in [0.1, 0.15) is 6.61 Å². The lowest BCUT2D eigenvalue weighted by Crippen LogP contribution is -2.50. The molecule has 0 aliphatic carbocycles. The van der Waals surface area contributed by atoms with Crippen molar-refractivity contribution in [3.63, 3.8) is 0 Å². The van der Waals surface area contributed by atoms with Crippen molar-refractivity contribution in [2.75, 3.05) is 41.0 Å². The second-order valence-corrected chi connectivity index (χ2v) is 16.3. The molecule has 0 aliphatic rings. The van der Waals surface area contributed by atoms with Crippen LogP contribution in [0.2, 0.25) is 0 Å². The molecule has 8 nitrogen and oxygen atoms in total. The number of likely N-dealkylation sites (N-methyl/N-ethyl adjacent to an activating group) is 1. The standard InChI is InChI=1S/C44H85NO7/c1-6-8-10-12-14-15-16-17-18-19-20-21-22-23-24-25-26-27-29-31-33-35-43(47)52-40(38-50-37-36-41(44(48)49)45(3,4)5)39-51-42(46)34-32-30-28-13-11-9-7-2/h40-41H,6-39H2,1-5H3/p+1. The molecule has 0 fully saturated rings. The molecule has 0 aromatic rings. The molecular weight excluding hydrogens is 654 g/mol. The van der Waals surface area contributed by atoms with Crippen molar-refractivity contribution in [1.29, 1.82) is 0 Å². The molecule has 0 saturated heterocycles. The maximum atomic E-state index is 12.7. The Bertz CT molecular complexity index is 828. The highest BCUT2D eigenvalue weighted by molar-refractivity contribution is 5.72. The topological polar surface area (TPSA) is 99.1 Å². The Morgan fingerprint density at radius 2 is 0.846 bits per heavy atom. The van der Waals surface area contributed by atoms with Crippen LogP contribution in [0.15, 0.2) is 0 Å². The fourth-order valence-electron chi connectivity index (χ4n) is 6.80. The summed E-state index contributed by atoms with van der Waals surface area (Å²) < 4.78 is 17.2. The number of aliphatic carboxylic acids is 1. The number of carbonyl (C=O) groups excluding carboxylic acids is 2. The summed E-state index contributed by atoms with van der Waals surface area (Å²) in [5.41, 5.74) is 0. The average molecular weight is 741 g/mol. The summed E-state index contributed by atoms with van der Waals surface area (Å²) in [6.07, 6.45) is 35.9. The van der Waals surface area contributed by atoms with Gasteiger partial charge in [-0.3, -0.25) is 9.59 Å². The van der Waals surface area contributed by atoms with E-state index < -0.39 is 18.1 Å². The van der Waals surface area contributed by atoms with Crippen molar-refractivity contribution in [3.05, 3.63) is 0 Å². The predicted octanol–water partition coefficient (Wildman–Crippen LogP) is 11.8. The predicted molar refractivity (Wildman–Crippen MR) is 216 cm³/mol. The third-order valence-corrected chi connectivity index (χ3v) is 10.3. The van der Waals surface area contributed by atoms with E-state index in [2.05, 4.69) is 13.8 Å². The van der Waals surface area contributed by atoms with E-state index in [0.29, 0.717) is 19.3 Å². The number of esters is 2. The Hall–Kier alpha value is -1.67. The molecule has 8 heteroatoms. The van der Waals surface area contributed by atoms with E-state index in [1.54, 1.807) is 0 Å². The Balaban J connectivity index is 4.12. The van der Waals surface area contributed by atoms with Gasteiger partial charge in [0.25, 0.3) is 0 Å². The molecule has 2 atom stereocenters. The van der Waals surface area contributed by atoms with Crippen LogP contribution < -0.4 is 0 Å². The van der Waals surface area contributed by atoms with Crippen LogP contribution in [0.3, 0.4) is 0 Å². The number of hydrogen-bond acceptors (Lipinski definition) is 6. The van der Waals surface area contributed by atoms with Crippen LogP contribution >= 0.6 is 0 Å². The van der Waals surface area contributed by atoms with Gasteiger partial charge in [-0.1, -0.05) is 181 Å². The molecule has 0 heterocycles. The quantitative estimate of drug-likeness (QED) is 0.0379. The molecule has 1 N–H and O–H groups in total. The normalized spacial score (nSPS) is 12.9. The fraction of sp³-hybridized carbons (Fsp3) is 0.932. The van der Waals surface area contributed by atoms with Gasteiger partial charge in [0, 0.05) is 19.3 Å². The second-order valence-electron chi connectivity index (χ2n) is 16.3. The van der Waals surface area contributed by atoms with Crippen molar-refractivity contribution in [3.8, 4) is 0 Å². The molecule has 2 unspecified atom stereocenters. The first-order valence-electron chi connectivity index (χ1n) is 22.1. The monoisotopic (exact) mass is 741 g/mol. The number of carbonyl (C=O) groups is 3. The molecular formula is C44H86NO7+. The number of hydrogen-bond donors (Lipinski definition) is 1. The lowest BCUT2D eigenvalue weighted by molar-refractivity contribution is -0.887. The summed E-state index contributed by atoms with van der Waals surface area (Å²) in [4.78, 5) is 36.7. The molecule has 0 bridgehead atoms. The molecule has 0 amide bonds. The van der Waals surface area contributed by atoms with Crippen LogP contribution in [0, 0.1) is 0 Å². The van der Waals surface area contributed by atoms with Crippen molar-refractivity contribution in [2.45, 2.75) is 225 Å². The minimum Gasteiger partial charge on any atom is -0.477 e. The number of ether oxygens (including phenoxy) is 3. The van der Waals surface area contributed by atoms with Gasteiger partial charge in [0.2, 0.25) is 0 Å². The SMILES string of the molecule is CCCCCCCCCCCCCCCCCCCCCCCC(=O)OC(COCCC(C(=O)O)[N+](C)(C)C)COC(=O)CCCCCCCCC. The zero-order valence-corrected chi connectivity index (χ0v) is 35.0. The summed E-state index contributed by atoms with van der Waals surface area (Å²) in [7, 11) is 5.53. The van der Waals surface area contributed by atoms with Crippen LogP contribution in [0.1, 0.15) is 213 Å². The Morgan fingerprint density at radius 1 is 0.500 bits per heavy atom. The molecule has 0 spiro atoms. The largest absolute Gasteiger partial charge is 0.477 e. The summed E-state index contributed by atoms with van der Waals surface area (Å²) >= 11 is 0. The van der Waals surface area contributed by atoms with E-state index >= 15 is 0 Å². The minimum absolute atomic E-state index is 0.0436. The van der Waals surface area contributed by atoms with Crippen LogP contribution in [-0.2, 0) is 28.6 Å². The molecule has 0 aromatic carbocycles. The van der Waals surface area contributed by atoms with Crippen LogP contribution in [-0.4, -0.2) is 80.6 Å². The van der Waals surface area contributed by atoms with E-state index in [1.807, 2.05) is 21.1 Å². The minimum atomic E-state index is -0.872. The number of quaternary nitrogens is 1. The fourth-order valence-corrected chi connectivity index (χ4v) is 6.80. The second kappa shape index (κ2) is 36.3. The smallest absolute Gasteiger partial charge is 0.362 e. The van der Waals surface area contributed by atoms with E-state index in [4.69, 9.17) is 14.2 Å². The Morgan fingerprint density at radius 3 is 1.19 bits per heavy atom. The highest BCUT2D eigenvalue weighted by atomic mass is 16.6. The van der Waals surface area contributed by atoms with Crippen LogP contribution in [0.4, 0.5) is 0 Å². The van der Waals surface area contributed by atoms with E-state index in [9.17, 15) is 19.5 Å². The molecule has 0 radical (unpaired) electrons. The summed E-state index contributed by atoms with van der Waals surface area (Å²) in [6, 6.07) is -0.607. The average Bonchev–Trinajstić information content (AvgIpc) is 3.09. The van der Waals surface area contributed by atoms with Gasteiger partial charge in [-0.15, -0.1) is 0 Å². The third kappa shape index (κ3) is 34.1. The molecule has 0 aliphatic heterocycles. The van der Waals surface area contributed by atoms with E-state index in [0.717, 1.165) is 38.5 Å².